The molecular formula is C73H78N12O19S2. The second-order valence-electron chi connectivity index (χ2n) is 25.7. The molecule has 0 radical (unpaired) electrons. The molecule has 556 valence electrons. The third kappa shape index (κ3) is 18.2. The molecular weight excluding hydrogens is 1410 g/mol. The van der Waals surface area contributed by atoms with E-state index in [1.54, 1.807) is 85.2 Å². The minimum absolute atomic E-state index is 0.0162. The third-order valence-corrected chi connectivity index (χ3v) is 20.0. The van der Waals surface area contributed by atoms with Crippen LogP contribution in [0.3, 0.4) is 0 Å². The van der Waals surface area contributed by atoms with Crippen LogP contribution in [-0.2, 0) is 106 Å². The number of carbonyl (C=O) groups is 14. The Kier molecular flexibility index (Phi) is 25.3. The molecule has 12 amide bonds. The van der Waals surface area contributed by atoms with E-state index in [-0.39, 0.29) is 173 Å². The van der Waals surface area contributed by atoms with Gasteiger partial charge in [-0.1, -0.05) is 42.5 Å². The molecule has 4 aromatic carbocycles. The molecule has 0 bridgehead atoms. The molecule has 3 atom stereocenters. The number of hydrogen-bond acceptors (Lipinski definition) is 24. The maximum atomic E-state index is 13.1. The van der Waals surface area contributed by atoms with Crippen LogP contribution >= 0.6 is 23.5 Å². The summed E-state index contributed by atoms with van der Waals surface area (Å²) in [4.78, 5) is 182. The Labute approximate surface area is 615 Å². The van der Waals surface area contributed by atoms with E-state index in [1.165, 1.54) is 31.4 Å². The number of ketones is 2. The van der Waals surface area contributed by atoms with Gasteiger partial charge in [-0.15, -0.1) is 0 Å². The molecule has 33 heteroatoms. The predicted molar refractivity (Wildman–Crippen MR) is 380 cm³/mol. The third-order valence-electron chi connectivity index (χ3n) is 18.2. The molecule has 7 aliphatic heterocycles. The van der Waals surface area contributed by atoms with Crippen LogP contribution in [0.2, 0.25) is 0 Å². The van der Waals surface area contributed by atoms with Gasteiger partial charge in [-0.3, -0.25) is 88.0 Å². The van der Waals surface area contributed by atoms with Crippen molar-refractivity contribution in [2.24, 2.45) is 5.73 Å². The van der Waals surface area contributed by atoms with E-state index in [2.05, 4.69) is 21.3 Å². The molecule has 9 heterocycles. The number of aromatic nitrogens is 2. The number of furan rings is 1. The molecule has 0 spiro atoms. The summed E-state index contributed by atoms with van der Waals surface area (Å²) < 4.78 is 29.4. The van der Waals surface area contributed by atoms with Crippen LogP contribution in [0.5, 0.6) is 0 Å². The van der Waals surface area contributed by atoms with E-state index < -0.39 is 35.8 Å². The van der Waals surface area contributed by atoms with Gasteiger partial charge in [0.1, 0.15) is 43.6 Å². The van der Waals surface area contributed by atoms with E-state index >= 15 is 0 Å². The van der Waals surface area contributed by atoms with Crippen molar-refractivity contribution in [3.63, 3.8) is 0 Å². The number of hydrogen-bond donors (Lipinski definition) is 6. The van der Waals surface area contributed by atoms with Crippen molar-refractivity contribution in [2.75, 3.05) is 71.7 Å². The van der Waals surface area contributed by atoms with Crippen LogP contribution in [0.25, 0.3) is 17.1 Å². The van der Waals surface area contributed by atoms with E-state index in [0.29, 0.717) is 101 Å². The Morgan fingerprint density at radius 2 is 1.09 bits per heavy atom. The number of Topliss-reactive ketones (excluding diaryl/α,β-unsaturated/α-hetero) is 2. The van der Waals surface area contributed by atoms with E-state index in [0.717, 1.165) is 34.0 Å². The van der Waals surface area contributed by atoms with Gasteiger partial charge in [-0.25, -0.2) is 4.98 Å². The highest BCUT2D eigenvalue weighted by Gasteiger charge is 2.44. The van der Waals surface area contributed by atoms with E-state index in [9.17, 15) is 67.1 Å². The van der Waals surface area contributed by atoms with Crippen LogP contribution in [-0.4, -0.2) is 201 Å². The lowest BCUT2D eigenvalue weighted by atomic mass is 9.99. The molecule has 106 heavy (non-hydrogen) atoms. The van der Waals surface area contributed by atoms with Gasteiger partial charge in [-0.2, -0.15) is 0 Å². The van der Waals surface area contributed by atoms with Crippen molar-refractivity contribution in [3.05, 3.63) is 146 Å². The molecule has 6 aromatic rings. The number of nitrogens with two attached hydrogens (primary N) is 2. The number of nitrogen functional groups attached to an aromatic ring is 1. The first-order valence-corrected chi connectivity index (χ1v) is 36.0. The van der Waals surface area contributed by atoms with Crippen LogP contribution in [0.1, 0.15) is 117 Å². The highest BCUT2D eigenvalue weighted by atomic mass is 32.2. The first kappa shape index (κ1) is 76.6. The normalized spacial score (nSPS) is 18.8. The number of carbonyl (C=O) groups excluding carboxylic acids is 14. The SMILES string of the molecule is CC(C)N1C(=O)S/C(=C\c2ccc(Sc3nc4ccccc4n3CC(=O)NCCOCCOCC(=O)Cc3cccc4c3CN(C3CCC(=O)NC3=O)C4=O)o2)C1=O.NCCOCCOCC(=O)Cc1cccc2c1CN(C1CCC(=O)NC1=O)C2=O.Nc1cccc2c1CN(C1CCC(=O)NC1=O)C2=O. The highest BCUT2D eigenvalue weighted by Crippen LogP contribution is 2.38. The number of imidazole rings is 1. The molecule has 31 nitrogen and oxygen atoms in total. The standard InChI is InChI=1S/C40H40N6O10S2.C20H25N3O6.C13H13N3O3/c1-23(2)46-38(52)32(57-40(46)53)19-26-10-13-35(56-26)58-39-42-29-8-3-4-9-30(29)45(39)21-34(49)41-14-15-54-16-17-55-22-25(47)18-24-6-5-7-27-28(24)20-44(37(27)51)31-11-12-33(48)43-36(31)50;21-6-7-28-8-9-29-12-14(24)10-13-2-1-3-15-16(13)11-23(20(15)27)17-4-5-18(25)22-19(17)26;14-9-3-1-2-7-8(9)6-16(13(7)19)10-4-5-11(17)15-12(10)18/h3-10,13,19,23,31H,11-12,14-18,20-22H2,1-2H3,(H,41,49)(H,43,48,50);1-3,17H,4-12,21H2,(H,22,25,26);1-3,10H,4-6,14H2,(H,15,17,18)/b32-19-;;. The van der Waals surface area contributed by atoms with Gasteiger partial charge in [0.2, 0.25) is 41.4 Å². The average Bonchev–Trinajstić information content (AvgIpc) is 1.65. The minimum Gasteiger partial charge on any atom is -0.450 e. The summed E-state index contributed by atoms with van der Waals surface area (Å²) in [5.74, 6) is -3.56. The number of rotatable bonds is 28. The van der Waals surface area contributed by atoms with Crippen molar-refractivity contribution in [2.45, 2.75) is 126 Å². The van der Waals surface area contributed by atoms with E-state index in [1.807, 2.05) is 30.3 Å². The van der Waals surface area contributed by atoms with Crippen molar-refractivity contribution in [1.82, 2.24) is 50.4 Å². The quantitative estimate of drug-likeness (QED) is 0.0177. The Balaban J connectivity index is 0.000000191. The van der Waals surface area contributed by atoms with Gasteiger partial charge >= 0.3 is 0 Å². The minimum atomic E-state index is -0.734. The van der Waals surface area contributed by atoms with Gasteiger partial charge in [-0.05, 0) is 127 Å². The molecule has 2 aromatic heterocycles. The van der Waals surface area contributed by atoms with Gasteiger partial charge < -0.3 is 59.4 Å². The lowest BCUT2D eigenvalue weighted by Crippen LogP contribution is -2.52. The van der Waals surface area contributed by atoms with Crippen molar-refractivity contribution in [1.29, 1.82) is 0 Å². The van der Waals surface area contributed by atoms with Crippen LogP contribution < -0.4 is 32.7 Å². The molecule has 7 aliphatic rings. The van der Waals surface area contributed by atoms with Crippen LogP contribution in [0.15, 0.2) is 111 Å². The predicted octanol–water partition coefficient (Wildman–Crippen LogP) is 3.53. The molecule has 8 N–H and O–H groups in total. The maximum absolute atomic E-state index is 13.1. The van der Waals surface area contributed by atoms with Gasteiger partial charge in [0.25, 0.3) is 28.9 Å². The number of para-hydroxylation sites is 2. The fraction of sp³-hybridized carbons (Fsp3) is 0.384. The molecule has 4 saturated heterocycles. The molecule has 0 saturated carbocycles. The first-order valence-electron chi connectivity index (χ1n) is 34.4. The van der Waals surface area contributed by atoms with Gasteiger partial charge in [0, 0.05) is 105 Å². The lowest BCUT2D eigenvalue weighted by molar-refractivity contribution is -0.138. The summed E-state index contributed by atoms with van der Waals surface area (Å²) >= 11 is 2.10. The summed E-state index contributed by atoms with van der Waals surface area (Å²) in [5, 5.41) is 10.4. The largest absolute Gasteiger partial charge is 0.450 e. The van der Waals surface area contributed by atoms with Crippen LogP contribution in [0, 0.1) is 0 Å². The van der Waals surface area contributed by atoms with Crippen molar-refractivity contribution in [3.8, 4) is 0 Å². The zero-order valence-corrected chi connectivity index (χ0v) is 59.6. The zero-order valence-electron chi connectivity index (χ0n) is 58.0. The first-order chi connectivity index (χ1) is 51.0. The highest BCUT2D eigenvalue weighted by molar-refractivity contribution is 8.18. The maximum Gasteiger partial charge on any atom is 0.293 e. The number of anilines is 1. The monoisotopic (exact) mass is 1490 g/mol. The lowest BCUT2D eigenvalue weighted by Gasteiger charge is -2.29. The number of fused-ring (bicyclic) bond motifs is 4. The second kappa shape index (κ2) is 35.0. The number of nitrogens with zero attached hydrogens (tertiary/aromatic N) is 6. The Morgan fingerprint density at radius 3 is 1.59 bits per heavy atom. The number of nitrogens with one attached hydrogen (secondary N) is 4. The topological polar surface area (TPSA) is 420 Å². The average molecular weight is 1490 g/mol. The molecule has 0 aliphatic carbocycles. The van der Waals surface area contributed by atoms with Crippen molar-refractivity contribution < 1.29 is 90.5 Å². The second-order valence-corrected chi connectivity index (χ2v) is 27.7. The van der Waals surface area contributed by atoms with Crippen molar-refractivity contribution >= 4 is 128 Å². The zero-order chi connectivity index (χ0) is 75.3. The molecule has 13 rings (SSSR count). The number of ether oxygens (including phenoxy) is 4. The molecule has 3 unspecified atom stereocenters. The number of amides is 12. The smallest absolute Gasteiger partial charge is 0.293 e. The number of piperidine rings is 3. The number of imide groups is 4. The Hall–Kier alpha value is -10.6. The van der Waals surface area contributed by atoms with Gasteiger partial charge in [0.15, 0.2) is 21.8 Å². The summed E-state index contributed by atoms with van der Waals surface area (Å²) in [6, 6.07) is 24.2. The van der Waals surface area contributed by atoms with E-state index in [4.69, 9.17) is 39.8 Å². The van der Waals surface area contributed by atoms with Gasteiger partial charge in [0.05, 0.1) is 55.6 Å². The fourth-order valence-electron chi connectivity index (χ4n) is 13.0. The van der Waals surface area contributed by atoms with Crippen LogP contribution in [0.4, 0.5) is 10.5 Å². The summed E-state index contributed by atoms with van der Waals surface area (Å²) in [5.41, 5.74) is 18.3. The Morgan fingerprint density at radius 1 is 0.604 bits per heavy atom. The number of benzene rings is 4. The fourth-order valence-corrected chi connectivity index (χ4v) is 14.8. The summed E-state index contributed by atoms with van der Waals surface area (Å²) in [7, 11) is 0. The summed E-state index contributed by atoms with van der Waals surface area (Å²) in [6.07, 6.45) is 3.29. The molecule has 4 fully saturated rings. The number of thioether (sulfide) groups is 1. The Bertz CT molecular complexity index is 4530. The summed E-state index contributed by atoms with van der Waals surface area (Å²) in [6.45, 7) is 6.50.